The molecule has 9 heteroatoms. The summed E-state index contributed by atoms with van der Waals surface area (Å²) in [6.45, 7) is 7.13. The summed E-state index contributed by atoms with van der Waals surface area (Å²) < 4.78 is 46.5. The molecular formula is C28H32F2N2O5. The molecular weight excluding hydrogens is 482 g/mol. The molecule has 1 saturated heterocycles. The average molecular weight is 515 g/mol. The van der Waals surface area contributed by atoms with Crippen LogP contribution in [0.4, 0.5) is 13.6 Å². The van der Waals surface area contributed by atoms with Crippen LogP contribution < -0.4 is 10.1 Å². The fourth-order valence-electron chi connectivity index (χ4n) is 4.19. The van der Waals surface area contributed by atoms with Gasteiger partial charge in [0.1, 0.15) is 23.0 Å². The highest BCUT2D eigenvalue weighted by Crippen LogP contribution is 2.37. The van der Waals surface area contributed by atoms with Crippen LogP contribution in [0.15, 0.2) is 52.9 Å². The number of nitrogens with one attached hydrogen (secondary N) is 1. The van der Waals surface area contributed by atoms with Crippen molar-refractivity contribution in [2.24, 2.45) is 0 Å². The Bertz CT molecular complexity index is 1280. The van der Waals surface area contributed by atoms with E-state index >= 15 is 0 Å². The van der Waals surface area contributed by atoms with E-state index in [0.717, 1.165) is 17.5 Å². The van der Waals surface area contributed by atoms with Gasteiger partial charge in [-0.2, -0.15) is 0 Å². The molecule has 0 spiro atoms. The van der Waals surface area contributed by atoms with Gasteiger partial charge < -0.3 is 24.1 Å². The molecule has 0 saturated carbocycles. The molecule has 7 nitrogen and oxygen atoms in total. The van der Waals surface area contributed by atoms with Gasteiger partial charge in [0.05, 0.1) is 13.2 Å². The third-order valence-corrected chi connectivity index (χ3v) is 5.99. The summed E-state index contributed by atoms with van der Waals surface area (Å²) in [6, 6.07) is 12.9. The first-order chi connectivity index (χ1) is 17.5. The Morgan fingerprint density at radius 2 is 1.86 bits per heavy atom. The van der Waals surface area contributed by atoms with Gasteiger partial charge in [-0.25, -0.2) is 13.6 Å². The van der Waals surface area contributed by atoms with Gasteiger partial charge in [0.25, 0.3) is 11.8 Å². The quantitative estimate of drug-likeness (QED) is 0.420. The maximum absolute atomic E-state index is 14.7. The molecule has 1 N–H and O–H groups in total. The van der Waals surface area contributed by atoms with Gasteiger partial charge >= 0.3 is 6.09 Å². The van der Waals surface area contributed by atoms with E-state index in [0.29, 0.717) is 23.3 Å². The van der Waals surface area contributed by atoms with Crippen LogP contribution in [0.2, 0.25) is 0 Å². The van der Waals surface area contributed by atoms with Gasteiger partial charge in [-0.1, -0.05) is 43.3 Å². The van der Waals surface area contributed by atoms with Crippen molar-refractivity contribution in [3.63, 3.8) is 0 Å². The predicted molar refractivity (Wildman–Crippen MR) is 136 cm³/mol. The highest BCUT2D eigenvalue weighted by atomic mass is 19.3. The Kier molecular flexibility index (Phi) is 7.43. The van der Waals surface area contributed by atoms with Gasteiger partial charge in [-0.15, -0.1) is 0 Å². The summed E-state index contributed by atoms with van der Waals surface area (Å²) in [5.74, 6) is -3.39. The summed E-state index contributed by atoms with van der Waals surface area (Å²) in [7, 11) is 0. The van der Waals surface area contributed by atoms with Gasteiger partial charge in [0.15, 0.2) is 5.76 Å². The Hall–Kier alpha value is -3.62. The lowest BCUT2D eigenvalue weighted by Gasteiger charge is -2.38. The molecule has 1 fully saturated rings. The number of para-hydroxylation sites is 2. The van der Waals surface area contributed by atoms with E-state index in [-0.39, 0.29) is 18.8 Å². The highest BCUT2D eigenvalue weighted by molar-refractivity contribution is 6.00. The van der Waals surface area contributed by atoms with E-state index in [9.17, 15) is 18.4 Å². The number of hydrogen-bond donors (Lipinski definition) is 1. The van der Waals surface area contributed by atoms with E-state index in [1.165, 1.54) is 11.0 Å². The number of hydrogen-bond acceptors (Lipinski definition) is 5. The fraction of sp³-hybridized carbons (Fsp3) is 0.429. The largest absolute Gasteiger partial charge is 0.493 e. The van der Waals surface area contributed by atoms with Crippen molar-refractivity contribution in [2.75, 3.05) is 19.7 Å². The fourth-order valence-corrected chi connectivity index (χ4v) is 4.19. The molecule has 3 aromatic rings. The van der Waals surface area contributed by atoms with Crippen LogP contribution in [0, 0.1) is 0 Å². The normalized spacial score (nSPS) is 17.5. The minimum absolute atomic E-state index is 0.0976. The number of furan rings is 1. The van der Waals surface area contributed by atoms with Gasteiger partial charge in [-0.3, -0.25) is 4.79 Å². The Balaban J connectivity index is 1.57. The number of ether oxygens (including phenoxy) is 2. The van der Waals surface area contributed by atoms with Crippen molar-refractivity contribution in [2.45, 2.75) is 58.1 Å². The number of carbonyl (C=O) groups excluding carboxylic acids is 2. The van der Waals surface area contributed by atoms with Crippen molar-refractivity contribution in [1.29, 1.82) is 0 Å². The number of fused-ring (bicyclic) bond motifs is 1. The van der Waals surface area contributed by atoms with Crippen LogP contribution in [0.3, 0.4) is 0 Å². The van der Waals surface area contributed by atoms with Gasteiger partial charge in [0, 0.05) is 29.5 Å². The Morgan fingerprint density at radius 3 is 2.59 bits per heavy atom. The second kappa shape index (κ2) is 10.4. The zero-order valence-electron chi connectivity index (χ0n) is 21.5. The number of benzene rings is 2. The molecule has 0 bridgehead atoms. The third kappa shape index (κ3) is 6.03. The van der Waals surface area contributed by atoms with Gasteiger partial charge in [0.2, 0.25) is 0 Å². The standard InChI is InChI=1S/C28H32F2N2O5/c1-5-15-35-21-12-7-6-10-19(21)20-11-8-9-18-16-22(36-24(18)20)25(33)31-23-17-32(14-13-28(23,29)30)26(34)37-27(2,3)4/h6-12,16,23H,5,13-15,17H2,1-4H3,(H,31,33). The first kappa shape index (κ1) is 26.4. The topological polar surface area (TPSA) is 81.0 Å². The van der Waals surface area contributed by atoms with Crippen LogP contribution in [-0.4, -0.2) is 54.2 Å². The van der Waals surface area contributed by atoms with Crippen molar-refractivity contribution in [3.8, 4) is 16.9 Å². The molecule has 1 aliphatic rings. The number of nitrogens with zero attached hydrogens (tertiary/aromatic N) is 1. The first-order valence-electron chi connectivity index (χ1n) is 12.4. The zero-order chi connectivity index (χ0) is 26.8. The highest BCUT2D eigenvalue weighted by Gasteiger charge is 2.47. The van der Waals surface area contributed by atoms with E-state index in [1.54, 1.807) is 26.8 Å². The van der Waals surface area contributed by atoms with E-state index < -0.39 is 36.0 Å². The Labute approximate surface area is 214 Å². The first-order valence-corrected chi connectivity index (χ1v) is 12.4. The van der Waals surface area contributed by atoms with Crippen LogP contribution in [0.5, 0.6) is 5.75 Å². The molecule has 1 aromatic heterocycles. The van der Waals surface area contributed by atoms with Crippen LogP contribution in [0.1, 0.15) is 51.1 Å². The maximum atomic E-state index is 14.7. The number of likely N-dealkylation sites (tertiary alicyclic amines) is 1. The minimum atomic E-state index is -3.19. The lowest BCUT2D eigenvalue weighted by atomic mass is 10.0. The number of carbonyl (C=O) groups is 2. The van der Waals surface area contributed by atoms with Crippen molar-refractivity contribution in [1.82, 2.24) is 10.2 Å². The summed E-state index contributed by atoms with van der Waals surface area (Å²) in [4.78, 5) is 26.7. The SMILES string of the molecule is CCCOc1ccccc1-c1cccc2cc(C(=O)NC3CN(C(=O)OC(C)(C)C)CCC3(F)F)oc12. The van der Waals surface area contributed by atoms with Crippen LogP contribution >= 0.6 is 0 Å². The second-order valence-corrected chi connectivity index (χ2v) is 10.1. The smallest absolute Gasteiger partial charge is 0.410 e. The molecule has 198 valence electrons. The molecule has 4 rings (SSSR count). The van der Waals surface area contributed by atoms with E-state index in [2.05, 4.69) is 5.32 Å². The van der Waals surface area contributed by atoms with Crippen molar-refractivity contribution < 1.29 is 32.3 Å². The summed E-state index contributed by atoms with van der Waals surface area (Å²) in [5.41, 5.74) is 1.21. The summed E-state index contributed by atoms with van der Waals surface area (Å²) in [6.07, 6.45) is -0.434. The zero-order valence-corrected chi connectivity index (χ0v) is 21.5. The molecule has 2 amide bonds. The third-order valence-electron chi connectivity index (χ3n) is 5.99. The molecule has 37 heavy (non-hydrogen) atoms. The van der Waals surface area contributed by atoms with Crippen molar-refractivity contribution in [3.05, 3.63) is 54.3 Å². The molecule has 2 heterocycles. The number of halogens is 2. The molecule has 1 unspecified atom stereocenters. The maximum Gasteiger partial charge on any atom is 0.410 e. The lowest BCUT2D eigenvalue weighted by Crippen LogP contribution is -2.60. The van der Waals surface area contributed by atoms with Gasteiger partial charge in [-0.05, 0) is 39.3 Å². The van der Waals surface area contributed by atoms with Crippen molar-refractivity contribution >= 4 is 23.0 Å². The summed E-state index contributed by atoms with van der Waals surface area (Å²) in [5, 5.41) is 3.03. The number of rotatable bonds is 6. The van der Waals surface area contributed by atoms with Crippen LogP contribution in [-0.2, 0) is 4.74 Å². The molecule has 2 aromatic carbocycles. The predicted octanol–water partition coefficient (Wildman–Crippen LogP) is 6.26. The molecule has 1 atom stereocenters. The molecule has 0 radical (unpaired) electrons. The lowest BCUT2D eigenvalue weighted by molar-refractivity contribution is -0.0821. The molecule has 1 aliphatic heterocycles. The monoisotopic (exact) mass is 514 g/mol. The molecule has 0 aliphatic carbocycles. The second-order valence-electron chi connectivity index (χ2n) is 10.1. The number of amides is 2. The van der Waals surface area contributed by atoms with Crippen LogP contribution in [0.25, 0.3) is 22.1 Å². The minimum Gasteiger partial charge on any atom is -0.493 e. The van der Waals surface area contributed by atoms with E-state index in [4.69, 9.17) is 13.9 Å². The average Bonchev–Trinajstić information content (AvgIpc) is 3.28. The summed E-state index contributed by atoms with van der Waals surface area (Å²) >= 11 is 0. The number of piperidine rings is 1. The van der Waals surface area contributed by atoms with E-state index in [1.807, 2.05) is 43.3 Å². The number of alkyl halides is 2. The Morgan fingerprint density at radius 1 is 1.14 bits per heavy atom.